The second-order valence-electron chi connectivity index (χ2n) is 7.27. The van der Waals surface area contributed by atoms with Crippen LogP contribution >= 0.6 is 0 Å². The maximum absolute atomic E-state index is 12.4. The zero-order valence-corrected chi connectivity index (χ0v) is 16.1. The van der Waals surface area contributed by atoms with Crippen molar-refractivity contribution in [3.05, 3.63) is 23.2 Å². The van der Waals surface area contributed by atoms with Gasteiger partial charge in [-0.2, -0.15) is 0 Å². The minimum atomic E-state index is 0.00546. The third kappa shape index (κ3) is 5.54. The van der Waals surface area contributed by atoms with Crippen LogP contribution in [0.3, 0.4) is 0 Å². The van der Waals surface area contributed by atoms with Crippen LogP contribution in [0.1, 0.15) is 19.3 Å². The van der Waals surface area contributed by atoms with E-state index in [2.05, 4.69) is 5.32 Å². The highest BCUT2D eigenvalue weighted by Crippen LogP contribution is 2.33. The van der Waals surface area contributed by atoms with Crippen molar-refractivity contribution in [2.75, 3.05) is 65.4 Å². The average molecular weight is 377 g/mol. The molecule has 8 heteroatoms. The fourth-order valence-corrected chi connectivity index (χ4v) is 3.02. The monoisotopic (exact) mass is 376 g/mol. The number of nitrogens with zero attached hydrogens (tertiary/aromatic N) is 3. The number of hydrogen-bond acceptors (Lipinski definition) is 8. The molecule has 3 heterocycles. The van der Waals surface area contributed by atoms with Gasteiger partial charge in [-0.1, -0.05) is 0 Å². The molecule has 3 aliphatic heterocycles. The molecule has 27 heavy (non-hydrogen) atoms. The molecule has 0 saturated carbocycles. The smallest absolute Gasteiger partial charge is 0.227 e. The summed E-state index contributed by atoms with van der Waals surface area (Å²) in [6.45, 7) is 9.12. The van der Waals surface area contributed by atoms with Crippen LogP contribution in [0.2, 0.25) is 0 Å². The van der Waals surface area contributed by atoms with Crippen molar-refractivity contribution in [3.63, 3.8) is 0 Å². The summed E-state index contributed by atoms with van der Waals surface area (Å²) >= 11 is 0. The second kappa shape index (κ2) is 9.34. The minimum Gasteiger partial charge on any atom is -0.365 e. The Balaban J connectivity index is 0.000000183. The Kier molecular flexibility index (Phi) is 6.87. The van der Waals surface area contributed by atoms with E-state index in [1.165, 1.54) is 12.5 Å². The van der Waals surface area contributed by atoms with E-state index in [9.17, 15) is 9.59 Å². The molecule has 0 aromatic carbocycles. The molecular weight excluding hydrogens is 344 g/mol. The van der Waals surface area contributed by atoms with Crippen molar-refractivity contribution in [2.45, 2.75) is 19.3 Å². The quantitative estimate of drug-likeness (QED) is 0.249. The number of nitrogens with one attached hydrogen (secondary N) is 1. The van der Waals surface area contributed by atoms with Crippen molar-refractivity contribution < 1.29 is 9.59 Å². The fraction of sp³-hybridized carbons (Fsp3) is 0.684. The number of carbonyl (C=O) groups is 2. The zero-order valence-electron chi connectivity index (χ0n) is 16.1. The first-order valence-corrected chi connectivity index (χ1v) is 10.1. The standard InChI is InChI=1S/C12H13N3O2.C7H19N3/c16-9-7-8(13-1-2-13)12(17)11(15-5-6-15)10(9)14-3-4-14;8-4-1-2-6-10-7-3-5-9/h7H,1-6H2;10H,1-9H2. The Morgan fingerprint density at radius 3 is 1.89 bits per heavy atom. The molecule has 4 rings (SSSR count). The number of ketones is 2. The lowest BCUT2D eigenvalue weighted by molar-refractivity contribution is -0.117. The van der Waals surface area contributed by atoms with Crippen LogP contribution in [0.25, 0.3) is 0 Å². The molecule has 0 spiro atoms. The molecule has 4 aliphatic rings. The van der Waals surface area contributed by atoms with E-state index in [1.54, 1.807) is 0 Å². The third-order valence-corrected chi connectivity index (χ3v) is 4.85. The van der Waals surface area contributed by atoms with Crippen LogP contribution in [0.4, 0.5) is 0 Å². The van der Waals surface area contributed by atoms with E-state index in [1.807, 2.05) is 14.7 Å². The van der Waals surface area contributed by atoms with Crippen molar-refractivity contribution >= 4 is 11.6 Å². The van der Waals surface area contributed by atoms with Crippen molar-refractivity contribution in [1.29, 1.82) is 0 Å². The molecule has 0 aromatic rings. The van der Waals surface area contributed by atoms with Crippen molar-refractivity contribution in [3.8, 4) is 0 Å². The molecule has 0 unspecified atom stereocenters. The maximum atomic E-state index is 12.4. The van der Waals surface area contributed by atoms with Crippen molar-refractivity contribution in [2.24, 2.45) is 11.5 Å². The van der Waals surface area contributed by atoms with Crippen LogP contribution in [-0.2, 0) is 9.59 Å². The SMILES string of the molecule is NCCCCNCCCN.O=C1C=C(N2CC2)C(=O)C(N2CC2)=C1N1CC1. The molecule has 3 fully saturated rings. The topological polar surface area (TPSA) is 107 Å². The third-order valence-electron chi connectivity index (χ3n) is 4.85. The first kappa shape index (κ1) is 19.9. The average Bonchev–Trinajstić information content (AvgIpc) is 3.48. The van der Waals surface area contributed by atoms with Gasteiger partial charge < -0.3 is 31.5 Å². The summed E-state index contributed by atoms with van der Waals surface area (Å²) in [5.74, 6) is 0.0485. The molecule has 0 radical (unpaired) electrons. The minimum absolute atomic E-state index is 0.00546. The highest BCUT2D eigenvalue weighted by atomic mass is 16.1. The number of nitrogens with two attached hydrogens (primary N) is 2. The molecule has 0 amide bonds. The summed E-state index contributed by atoms with van der Waals surface area (Å²) in [6, 6.07) is 0. The van der Waals surface area contributed by atoms with Gasteiger partial charge in [0.15, 0.2) is 0 Å². The van der Waals surface area contributed by atoms with Crippen LogP contribution in [0.5, 0.6) is 0 Å². The van der Waals surface area contributed by atoms with Crippen LogP contribution < -0.4 is 16.8 Å². The first-order valence-electron chi connectivity index (χ1n) is 10.1. The van der Waals surface area contributed by atoms with E-state index >= 15 is 0 Å². The van der Waals surface area contributed by atoms with Gasteiger partial charge in [-0.15, -0.1) is 0 Å². The van der Waals surface area contributed by atoms with Gasteiger partial charge in [-0.3, -0.25) is 9.59 Å². The first-order chi connectivity index (χ1) is 13.2. The van der Waals surface area contributed by atoms with Crippen LogP contribution in [0.15, 0.2) is 23.2 Å². The zero-order chi connectivity index (χ0) is 19.2. The summed E-state index contributed by atoms with van der Waals surface area (Å²) in [5.41, 5.74) is 12.5. The van der Waals surface area contributed by atoms with E-state index in [4.69, 9.17) is 11.5 Å². The number of carbonyl (C=O) groups excluding carboxylic acids is 2. The van der Waals surface area contributed by atoms with E-state index in [-0.39, 0.29) is 11.6 Å². The number of rotatable bonds is 10. The van der Waals surface area contributed by atoms with Crippen LogP contribution in [0, 0.1) is 0 Å². The van der Waals surface area contributed by atoms with Gasteiger partial charge in [0, 0.05) is 45.3 Å². The van der Waals surface area contributed by atoms with Gasteiger partial charge in [-0.25, -0.2) is 0 Å². The lowest BCUT2D eigenvalue weighted by Gasteiger charge is -2.21. The Morgan fingerprint density at radius 2 is 1.33 bits per heavy atom. The van der Waals surface area contributed by atoms with Gasteiger partial charge in [0.25, 0.3) is 0 Å². The summed E-state index contributed by atoms with van der Waals surface area (Å²) < 4.78 is 0. The number of unbranched alkanes of at least 4 members (excludes halogenated alkanes) is 1. The predicted molar refractivity (Wildman–Crippen MR) is 105 cm³/mol. The van der Waals surface area contributed by atoms with Crippen LogP contribution in [-0.4, -0.2) is 91.7 Å². The summed E-state index contributed by atoms with van der Waals surface area (Å²) in [6.07, 6.45) is 4.90. The maximum Gasteiger partial charge on any atom is 0.227 e. The van der Waals surface area contributed by atoms with E-state index < -0.39 is 0 Å². The molecule has 5 N–H and O–H groups in total. The van der Waals surface area contributed by atoms with Gasteiger partial charge in [0.05, 0.1) is 5.70 Å². The largest absolute Gasteiger partial charge is 0.365 e. The Hall–Kier alpha value is -1.90. The van der Waals surface area contributed by atoms with Gasteiger partial charge in [0.1, 0.15) is 11.4 Å². The van der Waals surface area contributed by atoms with Gasteiger partial charge >= 0.3 is 0 Å². The van der Waals surface area contributed by atoms with Crippen molar-refractivity contribution in [1.82, 2.24) is 20.0 Å². The Labute approximate surface area is 161 Å². The van der Waals surface area contributed by atoms with Gasteiger partial charge in [0.2, 0.25) is 11.6 Å². The molecule has 1 aliphatic carbocycles. The Bertz CT molecular complexity index is 610. The molecule has 0 aromatic heterocycles. The summed E-state index contributed by atoms with van der Waals surface area (Å²) in [7, 11) is 0. The highest BCUT2D eigenvalue weighted by Gasteiger charge is 2.43. The fourth-order valence-electron chi connectivity index (χ4n) is 3.02. The Morgan fingerprint density at radius 1 is 0.778 bits per heavy atom. The number of hydrogen-bond donors (Lipinski definition) is 3. The van der Waals surface area contributed by atoms with Gasteiger partial charge in [-0.05, 0) is 45.4 Å². The lowest BCUT2D eigenvalue weighted by atomic mass is 10.0. The molecule has 0 bridgehead atoms. The number of Topliss-reactive ketones (excluding diaryl/α,β-unsaturated/α-hetero) is 1. The summed E-state index contributed by atoms with van der Waals surface area (Å²) in [5, 5.41) is 3.29. The molecule has 3 saturated heterocycles. The molecule has 0 atom stereocenters. The predicted octanol–water partition coefficient (Wildman–Crippen LogP) is -1.16. The molecular formula is C19H32N6O2. The lowest BCUT2D eigenvalue weighted by Crippen LogP contribution is -2.29. The summed E-state index contributed by atoms with van der Waals surface area (Å²) in [4.78, 5) is 30.5. The highest BCUT2D eigenvalue weighted by molar-refractivity contribution is 6.22. The normalized spacial score (nSPS) is 20.5. The van der Waals surface area contributed by atoms with E-state index in [0.717, 1.165) is 78.3 Å². The van der Waals surface area contributed by atoms with E-state index in [0.29, 0.717) is 17.1 Å². The molecule has 150 valence electrons. The number of allylic oxidation sites excluding steroid dienone is 1. The second-order valence-corrected chi connectivity index (χ2v) is 7.27. The molecule has 8 nitrogen and oxygen atoms in total.